The zero-order valence-corrected chi connectivity index (χ0v) is 60.5. The van der Waals surface area contributed by atoms with Gasteiger partial charge in [0.25, 0.3) is 0 Å². The summed E-state index contributed by atoms with van der Waals surface area (Å²) >= 11 is 7.31. The van der Waals surface area contributed by atoms with Crippen molar-refractivity contribution in [3.05, 3.63) is 283 Å². The van der Waals surface area contributed by atoms with Crippen molar-refractivity contribution in [2.75, 3.05) is 9.80 Å². The van der Waals surface area contributed by atoms with E-state index in [2.05, 4.69) is 329 Å². The summed E-state index contributed by atoms with van der Waals surface area (Å²) in [6.45, 7) is 23.0. The standard InChI is InChI=1S/C90H94Br2N2/c1-11-15-17-19-23-75-59-88(86-52-50-84(58-62(86)6)94(82-47-39-72(40-48-82)70-35-43-80(92)44-36-70)90-65(9)55-78(56-66(90)10)74-31-27-68(22-14-4)28-32-74)76(24-20-18-16-12-2)60-87(75)85-51-49-83(57-61(85)5)93(81-45-37-71(38-46-81)69-33-41-79(91)42-34-69)89-63(7)53-77(54-64(89)8)73-29-25-67(21-13-3)26-30-73/h25-60H,11-24H2,1-10H3. The van der Waals surface area contributed by atoms with Crippen LogP contribution in [0.2, 0.25) is 0 Å². The number of hydrogen-bond acceptors (Lipinski definition) is 2. The van der Waals surface area contributed by atoms with Crippen molar-refractivity contribution < 1.29 is 0 Å². The molecule has 94 heavy (non-hydrogen) atoms. The third-order valence-electron chi connectivity index (χ3n) is 19.1. The summed E-state index contributed by atoms with van der Waals surface area (Å²) in [5.74, 6) is 0. The molecule has 11 aromatic rings. The highest BCUT2D eigenvalue weighted by molar-refractivity contribution is 9.10. The van der Waals surface area contributed by atoms with Gasteiger partial charge in [-0.15, -0.1) is 0 Å². The first kappa shape index (κ1) is 67.4. The lowest BCUT2D eigenvalue weighted by atomic mass is 9.84. The maximum absolute atomic E-state index is 3.65. The molecule has 11 aromatic carbocycles. The lowest BCUT2D eigenvalue weighted by Crippen LogP contribution is -2.13. The Morgan fingerprint density at radius 1 is 0.245 bits per heavy atom. The predicted molar refractivity (Wildman–Crippen MR) is 416 cm³/mol. The smallest absolute Gasteiger partial charge is 0.0520 e. The van der Waals surface area contributed by atoms with Gasteiger partial charge in [0.05, 0.1) is 11.4 Å². The molecule has 0 heterocycles. The van der Waals surface area contributed by atoms with Gasteiger partial charge in [-0.3, -0.25) is 0 Å². The number of benzene rings is 11. The molecule has 0 amide bonds. The minimum atomic E-state index is 1.03. The van der Waals surface area contributed by atoms with Crippen molar-refractivity contribution in [3.8, 4) is 66.8 Å². The first-order chi connectivity index (χ1) is 45.7. The van der Waals surface area contributed by atoms with E-state index in [0.29, 0.717) is 0 Å². The molecule has 0 aliphatic carbocycles. The molecule has 0 radical (unpaired) electrons. The summed E-state index contributed by atoms with van der Waals surface area (Å²) < 4.78 is 2.16. The Kier molecular flexibility index (Phi) is 22.6. The van der Waals surface area contributed by atoms with E-state index in [4.69, 9.17) is 0 Å². The average Bonchev–Trinajstić information content (AvgIpc) is 0.781. The molecule has 4 heteroatoms. The van der Waals surface area contributed by atoms with Gasteiger partial charge in [-0.25, -0.2) is 0 Å². The molecule has 2 nitrogen and oxygen atoms in total. The van der Waals surface area contributed by atoms with E-state index in [-0.39, 0.29) is 0 Å². The van der Waals surface area contributed by atoms with Crippen molar-refractivity contribution in [1.82, 2.24) is 0 Å². The zero-order valence-electron chi connectivity index (χ0n) is 57.3. The molecule has 0 unspecified atom stereocenters. The van der Waals surface area contributed by atoms with Crippen molar-refractivity contribution in [3.63, 3.8) is 0 Å². The van der Waals surface area contributed by atoms with Crippen LogP contribution in [-0.4, -0.2) is 0 Å². The maximum atomic E-state index is 3.65. The molecule has 0 bridgehead atoms. The van der Waals surface area contributed by atoms with Gasteiger partial charge < -0.3 is 9.80 Å². The fourth-order valence-electron chi connectivity index (χ4n) is 14.2. The topological polar surface area (TPSA) is 6.48 Å². The minimum Gasteiger partial charge on any atom is -0.310 e. The number of anilines is 6. The molecule has 0 N–H and O–H groups in total. The van der Waals surface area contributed by atoms with Crippen LogP contribution in [0.4, 0.5) is 34.1 Å². The van der Waals surface area contributed by atoms with Gasteiger partial charge in [-0.2, -0.15) is 0 Å². The molecule has 11 rings (SSSR count). The zero-order chi connectivity index (χ0) is 65.8. The summed E-state index contributed by atoms with van der Waals surface area (Å²) in [6.07, 6.45) is 16.2. The molecule has 0 aliphatic rings. The molecular formula is C90H94Br2N2. The summed E-state index contributed by atoms with van der Waals surface area (Å²) in [5, 5.41) is 0. The lowest BCUT2D eigenvalue weighted by molar-refractivity contribution is 0.664. The normalized spacial score (nSPS) is 11.4. The number of rotatable bonds is 26. The fourth-order valence-corrected chi connectivity index (χ4v) is 14.8. The molecular weight excluding hydrogens is 1270 g/mol. The largest absolute Gasteiger partial charge is 0.310 e. The highest BCUT2D eigenvalue weighted by Gasteiger charge is 2.24. The van der Waals surface area contributed by atoms with Crippen molar-refractivity contribution >= 4 is 66.0 Å². The predicted octanol–water partition coefficient (Wildman–Crippen LogP) is 28.2. The second-order valence-electron chi connectivity index (χ2n) is 26.4. The second kappa shape index (κ2) is 31.5. The molecule has 0 aromatic heterocycles. The molecule has 0 aliphatic heterocycles. The maximum Gasteiger partial charge on any atom is 0.0520 e. The Morgan fingerprint density at radius 3 is 0.851 bits per heavy atom. The summed E-state index contributed by atoms with van der Waals surface area (Å²) in [4.78, 5) is 5.01. The number of halogens is 2. The number of aryl methyl sites for hydroxylation is 10. The average molecular weight is 1360 g/mol. The monoisotopic (exact) mass is 1360 g/mol. The Hall–Kier alpha value is -8.02. The molecule has 0 spiro atoms. The Balaban J connectivity index is 1.01. The van der Waals surface area contributed by atoms with Gasteiger partial charge >= 0.3 is 0 Å². The van der Waals surface area contributed by atoms with E-state index < -0.39 is 0 Å². The fraction of sp³-hybridized carbons (Fsp3) is 0.267. The van der Waals surface area contributed by atoms with E-state index in [1.165, 1.54) is 172 Å². The van der Waals surface area contributed by atoms with Gasteiger partial charge in [0.1, 0.15) is 0 Å². The molecule has 0 atom stereocenters. The summed E-state index contributed by atoms with van der Waals surface area (Å²) in [6, 6.07) is 83.4. The first-order valence-electron chi connectivity index (χ1n) is 34.8. The van der Waals surface area contributed by atoms with Crippen molar-refractivity contribution in [2.45, 2.75) is 159 Å². The SMILES string of the molecule is CCCCCCc1cc(-c2ccc(N(c3ccc(-c4ccc(Br)cc4)cc3)c3c(C)cc(-c4ccc(CCC)cc4)cc3C)cc2C)c(CCCCCC)cc1-c1ccc(N(c2ccc(-c3ccc(Br)cc3)cc2)c2c(C)cc(-c3ccc(CCC)cc3)cc2C)cc1C. The van der Waals surface area contributed by atoms with Gasteiger partial charge in [-0.05, 0) is 300 Å². The third kappa shape index (κ3) is 15.7. The van der Waals surface area contributed by atoms with Crippen LogP contribution in [0, 0.1) is 41.5 Å². The first-order valence-corrected chi connectivity index (χ1v) is 36.4. The van der Waals surface area contributed by atoms with Crippen LogP contribution in [0.5, 0.6) is 0 Å². The second-order valence-corrected chi connectivity index (χ2v) is 28.2. The number of hydrogen-bond donors (Lipinski definition) is 0. The summed E-state index contributed by atoms with van der Waals surface area (Å²) in [5.41, 5.74) is 35.4. The number of unbranched alkanes of at least 4 members (excludes halogenated alkanes) is 6. The van der Waals surface area contributed by atoms with E-state index in [1.807, 2.05) is 0 Å². The highest BCUT2D eigenvalue weighted by Crippen LogP contribution is 2.47. The summed E-state index contributed by atoms with van der Waals surface area (Å²) in [7, 11) is 0. The van der Waals surface area contributed by atoms with E-state index in [0.717, 1.165) is 83.1 Å². The minimum absolute atomic E-state index is 1.03. The highest BCUT2D eigenvalue weighted by atomic mass is 79.9. The molecule has 0 saturated carbocycles. The Morgan fingerprint density at radius 2 is 0.543 bits per heavy atom. The van der Waals surface area contributed by atoms with Crippen LogP contribution in [0.3, 0.4) is 0 Å². The third-order valence-corrected chi connectivity index (χ3v) is 20.2. The molecule has 0 saturated heterocycles. The van der Waals surface area contributed by atoms with Crippen LogP contribution in [0.25, 0.3) is 66.8 Å². The van der Waals surface area contributed by atoms with Gasteiger partial charge in [0.15, 0.2) is 0 Å². The van der Waals surface area contributed by atoms with E-state index in [9.17, 15) is 0 Å². The van der Waals surface area contributed by atoms with E-state index in [1.54, 1.807) is 0 Å². The Bertz CT molecular complexity index is 4020. The molecule has 0 fully saturated rings. The quantitative estimate of drug-likeness (QED) is 0.0499. The van der Waals surface area contributed by atoms with Gasteiger partial charge in [0.2, 0.25) is 0 Å². The van der Waals surface area contributed by atoms with Crippen LogP contribution in [-0.2, 0) is 25.7 Å². The van der Waals surface area contributed by atoms with Crippen LogP contribution in [0.15, 0.2) is 227 Å². The van der Waals surface area contributed by atoms with Crippen LogP contribution < -0.4 is 9.80 Å². The van der Waals surface area contributed by atoms with Crippen LogP contribution in [0.1, 0.15) is 148 Å². The van der Waals surface area contributed by atoms with Crippen molar-refractivity contribution in [2.24, 2.45) is 0 Å². The van der Waals surface area contributed by atoms with E-state index >= 15 is 0 Å². The Labute approximate surface area is 580 Å². The van der Waals surface area contributed by atoms with Crippen molar-refractivity contribution in [1.29, 1.82) is 0 Å². The van der Waals surface area contributed by atoms with Gasteiger partial charge in [0, 0.05) is 31.7 Å². The van der Waals surface area contributed by atoms with Crippen LogP contribution >= 0.6 is 31.9 Å². The lowest BCUT2D eigenvalue weighted by Gasteiger charge is -2.30. The molecule has 478 valence electrons. The number of nitrogens with zero attached hydrogens (tertiary/aromatic N) is 2. The van der Waals surface area contributed by atoms with Gasteiger partial charge in [-0.1, -0.05) is 232 Å².